The number of carbonyl (C=O) groups is 1. The Bertz CT molecular complexity index is 1420. The van der Waals surface area contributed by atoms with E-state index in [4.69, 9.17) is 4.98 Å². The second-order valence-corrected chi connectivity index (χ2v) is 9.03. The van der Waals surface area contributed by atoms with Gasteiger partial charge < -0.3 is 15.1 Å². The molecule has 6 rings (SSSR count). The zero-order valence-corrected chi connectivity index (χ0v) is 19.5. The van der Waals surface area contributed by atoms with Gasteiger partial charge in [0.05, 0.1) is 22.6 Å². The standard InChI is InChI=1S/C28H26FN5O/c1-19-25(27(35)33-17-15-32(16-18-33)22-7-3-2-4-8-22)26(20-11-13-21(29)14-12-20)34-24-10-6-5-9-23(24)31-28(34)30-19/h2-14,26H,15-18H2,1H3,(H,30,31). The Morgan fingerprint density at radius 3 is 2.34 bits per heavy atom. The quantitative estimate of drug-likeness (QED) is 0.470. The molecule has 1 atom stereocenters. The molecule has 1 saturated heterocycles. The van der Waals surface area contributed by atoms with E-state index in [-0.39, 0.29) is 11.7 Å². The fourth-order valence-corrected chi connectivity index (χ4v) is 5.18. The summed E-state index contributed by atoms with van der Waals surface area (Å²) in [7, 11) is 0. The number of benzene rings is 3. The van der Waals surface area contributed by atoms with Gasteiger partial charge in [-0.2, -0.15) is 0 Å². The van der Waals surface area contributed by atoms with E-state index < -0.39 is 6.04 Å². The van der Waals surface area contributed by atoms with Gasteiger partial charge in [-0.1, -0.05) is 42.5 Å². The monoisotopic (exact) mass is 467 g/mol. The molecule has 35 heavy (non-hydrogen) atoms. The maximum atomic E-state index is 14.0. The summed E-state index contributed by atoms with van der Waals surface area (Å²) in [6, 6.07) is 24.2. The first-order valence-electron chi connectivity index (χ1n) is 11.9. The van der Waals surface area contributed by atoms with Crippen molar-refractivity contribution in [3.63, 3.8) is 0 Å². The molecule has 1 N–H and O–H groups in total. The van der Waals surface area contributed by atoms with Crippen LogP contribution in [0, 0.1) is 5.82 Å². The largest absolute Gasteiger partial charge is 0.368 e. The van der Waals surface area contributed by atoms with Gasteiger partial charge in [-0.15, -0.1) is 0 Å². The van der Waals surface area contributed by atoms with Crippen molar-refractivity contribution < 1.29 is 9.18 Å². The van der Waals surface area contributed by atoms with Crippen LogP contribution in [0.5, 0.6) is 0 Å². The molecule has 3 heterocycles. The third-order valence-corrected chi connectivity index (χ3v) is 6.94. The summed E-state index contributed by atoms with van der Waals surface area (Å²) in [5, 5.41) is 3.36. The third kappa shape index (κ3) is 3.73. The van der Waals surface area contributed by atoms with Gasteiger partial charge in [-0.3, -0.25) is 9.36 Å². The maximum absolute atomic E-state index is 14.0. The smallest absolute Gasteiger partial charge is 0.254 e. The minimum Gasteiger partial charge on any atom is -0.368 e. The highest BCUT2D eigenvalue weighted by Gasteiger charge is 2.36. The van der Waals surface area contributed by atoms with Crippen molar-refractivity contribution in [3.05, 3.63) is 102 Å². The Morgan fingerprint density at radius 1 is 0.914 bits per heavy atom. The molecule has 1 fully saturated rings. The lowest BCUT2D eigenvalue weighted by atomic mass is 9.93. The van der Waals surface area contributed by atoms with Gasteiger partial charge in [0.2, 0.25) is 5.95 Å². The van der Waals surface area contributed by atoms with Gasteiger partial charge in [-0.25, -0.2) is 9.37 Å². The van der Waals surface area contributed by atoms with Crippen LogP contribution in [-0.2, 0) is 4.79 Å². The van der Waals surface area contributed by atoms with Gasteiger partial charge in [0.15, 0.2) is 0 Å². The molecule has 1 unspecified atom stereocenters. The van der Waals surface area contributed by atoms with E-state index in [9.17, 15) is 9.18 Å². The number of halogens is 1. The van der Waals surface area contributed by atoms with E-state index in [1.165, 1.54) is 17.8 Å². The fraction of sp³-hybridized carbons (Fsp3) is 0.214. The summed E-state index contributed by atoms with van der Waals surface area (Å²) >= 11 is 0. The van der Waals surface area contributed by atoms with Crippen molar-refractivity contribution in [2.75, 3.05) is 36.4 Å². The summed E-state index contributed by atoms with van der Waals surface area (Å²) in [6.07, 6.45) is 0. The highest BCUT2D eigenvalue weighted by Crippen LogP contribution is 2.40. The first-order chi connectivity index (χ1) is 17.1. The molecule has 1 aromatic heterocycles. The van der Waals surface area contributed by atoms with E-state index in [1.54, 1.807) is 12.1 Å². The van der Waals surface area contributed by atoms with Crippen molar-refractivity contribution in [3.8, 4) is 0 Å². The van der Waals surface area contributed by atoms with E-state index >= 15 is 0 Å². The van der Waals surface area contributed by atoms with Crippen LogP contribution in [0.2, 0.25) is 0 Å². The topological polar surface area (TPSA) is 53.4 Å². The fourth-order valence-electron chi connectivity index (χ4n) is 5.18. The van der Waals surface area contributed by atoms with Gasteiger partial charge in [0.25, 0.3) is 5.91 Å². The maximum Gasteiger partial charge on any atom is 0.254 e. The molecule has 4 aromatic rings. The first kappa shape index (κ1) is 21.4. The zero-order chi connectivity index (χ0) is 23.9. The summed E-state index contributed by atoms with van der Waals surface area (Å²) in [5.74, 6) is 0.382. The predicted molar refractivity (Wildman–Crippen MR) is 136 cm³/mol. The number of para-hydroxylation sites is 3. The highest BCUT2D eigenvalue weighted by atomic mass is 19.1. The molecular formula is C28H26FN5O. The number of fused-ring (bicyclic) bond motifs is 3. The Morgan fingerprint density at radius 2 is 1.60 bits per heavy atom. The van der Waals surface area contributed by atoms with Crippen LogP contribution >= 0.6 is 0 Å². The van der Waals surface area contributed by atoms with E-state index in [2.05, 4.69) is 26.9 Å². The first-order valence-corrected chi connectivity index (χ1v) is 11.9. The summed E-state index contributed by atoms with van der Waals surface area (Å²) < 4.78 is 15.9. The van der Waals surface area contributed by atoms with Crippen molar-refractivity contribution in [1.29, 1.82) is 0 Å². The third-order valence-electron chi connectivity index (χ3n) is 6.94. The summed E-state index contributed by atoms with van der Waals surface area (Å²) in [5.41, 5.74) is 5.24. The van der Waals surface area contributed by atoms with E-state index in [0.717, 1.165) is 35.4 Å². The Kier molecular flexibility index (Phi) is 5.25. The number of nitrogens with zero attached hydrogens (tertiary/aromatic N) is 4. The van der Waals surface area contributed by atoms with Crippen molar-refractivity contribution >= 4 is 28.6 Å². The number of amides is 1. The van der Waals surface area contributed by atoms with Crippen LogP contribution in [0.25, 0.3) is 11.0 Å². The summed E-state index contributed by atoms with van der Waals surface area (Å²) in [6.45, 7) is 4.75. The number of anilines is 2. The minimum absolute atomic E-state index is 0.000433. The molecule has 3 aromatic carbocycles. The second kappa shape index (κ2) is 8.58. The average molecular weight is 468 g/mol. The normalized spacial score (nSPS) is 17.9. The lowest BCUT2D eigenvalue weighted by Crippen LogP contribution is -2.50. The SMILES string of the molecule is CC1=C(C(=O)N2CCN(c3ccccc3)CC2)C(c2ccc(F)cc2)n2c(nc3ccccc32)N1. The van der Waals surface area contributed by atoms with Crippen molar-refractivity contribution in [2.45, 2.75) is 13.0 Å². The highest BCUT2D eigenvalue weighted by molar-refractivity contribution is 5.98. The van der Waals surface area contributed by atoms with Crippen LogP contribution in [-0.4, -0.2) is 46.5 Å². The van der Waals surface area contributed by atoms with Gasteiger partial charge in [0.1, 0.15) is 5.82 Å². The molecule has 0 bridgehead atoms. The van der Waals surface area contributed by atoms with Crippen LogP contribution in [0.3, 0.4) is 0 Å². The second-order valence-electron chi connectivity index (χ2n) is 9.03. The number of carbonyl (C=O) groups excluding carboxylic acids is 1. The van der Waals surface area contributed by atoms with Gasteiger partial charge in [-0.05, 0) is 48.9 Å². The lowest BCUT2D eigenvalue weighted by molar-refractivity contribution is -0.127. The number of hydrogen-bond donors (Lipinski definition) is 1. The molecule has 6 nitrogen and oxygen atoms in total. The van der Waals surface area contributed by atoms with Gasteiger partial charge >= 0.3 is 0 Å². The van der Waals surface area contributed by atoms with Crippen LogP contribution < -0.4 is 10.2 Å². The van der Waals surface area contributed by atoms with Crippen LogP contribution in [0.15, 0.2) is 90.1 Å². The van der Waals surface area contributed by atoms with Crippen molar-refractivity contribution in [1.82, 2.24) is 14.5 Å². The molecule has 7 heteroatoms. The van der Waals surface area contributed by atoms with Gasteiger partial charge in [0, 0.05) is 37.6 Å². The Balaban J connectivity index is 1.37. The number of hydrogen-bond acceptors (Lipinski definition) is 4. The molecule has 2 aliphatic rings. The number of piperazine rings is 1. The van der Waals surface area contributed by atoms with Crippen LogP contribution in [0.1, 0.15) is 18.5 Å². The number of imidazole rings is 1. The zero-order valence-electron chi connectivity index (χ0n) is 19.5. The number of nitrogens with one attached hydrogen (secondary N) is 1. The molecule has 0 saturated carbocycles. The molecular weight excluding hydrogens is 441 g/mol. The molecule has 2 aliphatic heterocycles. The Labute approximate surface area is 203 Å². The molecule has 1 amide bonds. The van der Waals surface area contributed by atoms with E-state index in [0.29, 0.717) is 24.6 Å². The lowest BCUT2D eigenvalue weighted by Gasteiger charge is -2.39. The number of aromatic nitrogens is 2. The van der Waals surface area contributed by atoms with Crippen molar-refractivity contribution in [2.24, 2.45) is 0 Å². The Hall–Kier alpha value is -4.13. The molecule has 0 aliphatic carbocycles. The number of allylic oxidation sites excluding steroid dienone is 1. The molecule has 0 spiro atoms. The van der Waals surface area contributed by atoms with E-state index in [1.807, 2.05) is 54.3 Å². The summed E-state index contributed by atoms with van der Waals surface area (Å²) in [4.78, 5) is 23.0. The molecule has 176 valence electrons. The number of rotatable bonds is 3. The van der Waals surface area contributed by atoms with Crippen LogP contribution in [0.4, 0.5) is 16.0 Å². The average Bonchev–Trinajstić information content (AvgIpc) is 3.26. The minimum atomic E-state index is -0.404. The molecule has 0 radical (unpaired) electrons. The predicted octanol–water partition coefficient (Wildman–Crippen LogP) is 4.81.